The largest absolute Gasteiger partial charge is 0.455 e. The summed E-state index contributed by atoms with van der Waals surface area (Å²) >= 11 is 5.86. The van der Waals surface area contributed by atoms with Crippen LogP contribution < -0.4 is 5.32 Å². The quantitative estimate of drug-likeness (QED) is 0.622. The van der Waals surface area contributed by atoms with Gasteiger partial charge in [0.1, 0.15) is 5.82 Å². The Morgan fingerprint density at radius 1 is 1.13 bits per heavy atom. The lowest BCUT2D eigenvalue weighted by atomic mass is 10.1. The normalized spacial score (nSPS) is 14.8. The van der Waals surface area contributed by atoms with E-state index in [2.05, 4.69) is 5.32 Å². The van der Waals surface area contributed by atoms with Crippen molar-refractivity contribution in [2.24, 2.45) is 0 Å². The maximum Gasteiger partial charge on any atom is 0.310 e. The van der Waals surface area contributed by atoms with E-state index in [9.17, 15) is 22.4 Å². The predicted octanol–water partition coefficient (Wildman–Crippen LogP) is 2.22. The number of nitrogens with one attached hydrogen (secondary N) is 1. The molecule has 31 heavy (non-hydrogen) atoms. The molecule has 0 aliphatic carbocycles. The van der Waals surface area contributed by atoms with E-state index in [4.69, 9.17) is 21.1 Å². The molecule has 3 rings (SSSR count). The summed E-state index contributed by atoms with van der Waals surface area (Å²) in [5.74, 6) is -2.08. The Labute approximate surface area is 183 Å². The number of halogens is 2. The number of esters is 1. The molecule has 1 fully saturated rings. The molecule has 1 saturated heterocycles. The second kappa shape index (κ2) is 10.2. The Bertz CT molecular complexity index is 1040. The van der Waals surface area contributed by atoms with Gasteiger partial charge in [0.05, 0.1) is 24.5 Å². The molecular formula is C20H20ClFN2O6S. The van der Waals surface area contributed by atoms with Crippen LogP contribution in [0.3, 0.4) is 0 Å². The van der Waals surface area contributed by atoms with Crippen LogP contribution in [0.15, 0.2) is 47.4 Å². The second-order valence-corrected chi connectivity index (χ2v) is 8.97. The smallest absolute Gasteiger partial charge is 0.310 e. The van der Waals surface area contributed by atoms with Gasteiger partial charge in [-0.25, -0.2) is 12.8 Å². The Morgan fingerprint density at radius 2 is 1.81 bits per heavy atom. The van der Waals surface area contributed by atoms with Crippen LogP contribution in [0.2, 0.25) is 5.02 Å². The zero-order valence-electron chi connectivity index (χ0n) is 16.3. The first-order chi connectivity index (χ1) is 14.8. The molecule has 11 heteroatoms. The summed E-state index contributed by atoms with van der Waals surface area (Å²) in [7, 11) is -3.64. The lowest BCUT2D eigenvalue weighted by molar-refractivity contribution is -0.146. The number of ether oxygens (including phenoxy) is 2. The van der Waals surface area contributed by atoms with E-state index in [1.165, 1.54) is 46.8 Å². The maximum atomic E-state index is 13.7. The number of carbonyl (C=O) groups is 2. The molecule has 0 aromatic heterocycles. The molecule has 8 nitrogen and oxygen atoms in total. The van der Waals surface area contributed by atoms with Crippen molar-refractivity contribution in [3.05, 3.63) is 58.9 Å². The van der Waals surface area contributed by atoms with Gasteiger partial charge < -0.3 is 14.8 Å². The monoisotopic (exact) mass is 470 g/mol. The molecule has 0 spiro atoms. The minimum atomic E-state index is -3.64. The van der Waals surface area contributed by atoms with Crippen LogP contribution in [0, 0.1) is 5.82 Å². The lowest BCUT2D eigenvalue weighted by Gasteiger charge is -2.26. The van der Waals surface area contributed by atoms with Crippen molar-refractivity contribution in [2.75, 3.05) is 38.2 Å². The first-order valence-electron chi connectivity index (χ1n) is 9.33. The number of benzene rings is 2. The number of sulfonamides is 1. The highest BCUT2D eigenvalue weighted by Gasteiger charge is 2.26. The van der Waals surface area contributed by atoms with E-state index in [0.717, 1.165) is 0 Å². The maximum absolute atomic E-state index is 13.7. The number of hydrogen-bond donors (Lipinski definition) is 1. The van der Waals surface area contributed by atoms with Crippen LogP contribution in [0.4, 0.5) is 10.1 Å². The number of anilines is 1. The van der Waals surface area contributed by atoms with E-state index in [1.54, 1.807) is 0 Å². The summed E-state index contributed by atoms with van der Waals surface area (Å²) in [5.41, 5.74) is 0.325. The molecule has 0 bridgehead atoms. The zero-order valence-corrected chi connectivity index (χ0v) is 17.9. The summed E-state index contributed by atoms with van der Waals surface area (Å²) in [6.45, 7) is 0.664. The highest BCUT2D eigenvalue weighted by atomic mass is 35.5. The molecule has 0 atom stereocenters. The average molecular weight is 471 g/mol. The molecule has 1 heterocycles. The van der Waals surface area contributed by atoms with Crippen LogP contribution in [0.1, 0.15) is 5.56 Å². The van der Waals surface area contributed by atoms with Crippen LogP contribution in [-0.2, 0) is 35.5 Å². The van der Waals surface area contributed by atoms with E-state index in [0.29, 0.717) is 18.9 Å². The van der Waals surface area contributed by atoms with Crippen molar-refractivity contribution in [2.45, 2.75) is 11.3 Å². The van der Waals surface area contributed by atoms with E-state index < -0.39 is 40.7 Å². The molecule has 1 N–H and O–H groups in total. The first-order valence-corrected chi connectivity index (χ1v) is 11.2. The van der Waals surface area contributed by atoms with Crippen molar-refractivity contribution < 1.29 is 31.9 Å². The third kappa shape index (κ3) is 6.01. The van der Waals surface area contributed by atoms with Crippen LogP contribution >= 0.6 is 11.6 Å². The fraction of sp³-hybridized carbons (Fsp3) is 0.300. The molecule has 166 valence electrons. The summed E-state index contributed by atoms with van der Waals surface area (Å²) in [5, 5.41) is 2.59. The molecule has 0 unspecified atom stereocenters. The standard InChI is InChI=1S/C20H20ClFN2O6S/c21-17-2-1-3-18(22)16(17)12-20(26)30-13-19(25)23-14-4-6-15(7-5-14)31(27,28)24-8-10-29-11-9-24/h1-7H,8-13H2,(H,23,25). The lowest BCUT2D eigenvalue weighted by Crippen LogP contribution is -2.40. The minimum absolute atomic E-state index is 0.00774. The van der Waals surface area contributed by atoms with Gasteiger partial charge in [-0.15, -0.1) is 0 Å². The van der Waals surface area contributed by atoms with Crippen molar-refractivity contribution in [1.82, 2.24) is 4.31 Å². The summed E-state index contributed by atoms with van der Waals surface area (Å²) in [6, 6.07) is 9.67. The van der Waals surface area contributed by atoms with Crippen molar-refractivity contribution in [1.29, 1.82) is 0 Å². The number of nitrogens with zero attached hydrogens (tertiary/aromatic N) is 1. The average Bonchev–Trinajstić information content (AvgIpc) is 2.76. The van der Waals surface area contributed by atoms with Crippen molar-refractivity contribution >= 4 is 39.2 Å². The molecule has 2 aromatic carbocycles. The molecular weight excluding hydrogens is 451 g/mol. The van der Waals surface area contributed by atoms with E-state index in [-0.39, 0.29) is 28.6 Å². The highest BCUT2D eigenvalue weighted by molar-refractivity contribution is 7.89. The first kappa shape index (κ1) is 23.1. The Kier molecular flexibility index (Phi) is 7.60. The minimum Gasteiger partial charge on any atom is -0.455 e. The van der Waals surface area contributed by atoms with Crippen molar-refractivity contribution in [3.8, 4) is 0 Å². The summed E-state index contributed by atoms with van der Waals surface area (Å²) in [6.07, 6.45) is -0.410. The molecule has 0 radical (unpaired) electrons. The number of hydrogen-bond acceptors (Lipinski definition) is 6. The fourth-order valence-corrected chi connectivity index (χ4v) is 4.52. The molecule has 1 aliphatic rings. The van der Waals surface area contributed by atoms with Gasteiger partial charge in [-0.05, 0) is 36.4 Å². The van der Waals surface area contributed by atoms with E-state index >= 15 is 0 Å². The number of morpholine rings is 1. The van der Waals surface area contributed by atoms with Crippen LogP contribution in [-0.4, -0.2) is 57.5 Å². The molecule has 1 amide bonds. The van der Waals surface area contributed by atoms with Gasteiger partial charge in [-0.2, -0.15) is 4.31 Å². The molecule has 2 aromatic rings. The number of carbonyl (C=O) groups excluding carboxylic acids is 2. The molecule has 0 saturated carbocycles. The summed E-state index contributed by atoms with van der Waals surface area (Å²) in [4.78, 5) is 24.0. The van der Waals surface area contributed by atoms with Gasteiger partial charge in [0, 0.05) is 29.4 Å². The van der Waals surface area contributed by atoms with Gasteiger partial charge in [0.2, 0.25) is 10.0 Å². The SMILES string of the molecule is O=C(COC(=O)Cc1c(F)cccc1Cl)Nc1ccc(S(=O)(=O)N2CCOCC2)cc1. The third-order valence-corrected chi connectivity index (χ3v) is 6.76. The topological polar surface area (TPSA) is 102 Å². The van der Waals surface area contributed by atoms with Crippen LogP contribution in [0.5, 0.6) is 0 Å². The van der Waals surface area contributed by atoms with Crippen molar-refractivity contribution in [3.63, 3.8) is 0 Å². The second-order valence-electron chi connectivity index (χ2n) is 6.63. The Morgan fingerprint density at radius 3 is 2.45 bits per heavy atom. The zero-order chi connectivity index (χ0) is 22.4. The van der Waals surface area contributed by atoms with Gasteiger partial charge >= 0.3 is 5.97 Å². The third-order valence-electron chi connectivity index (χ3n) is 4.49. The Hall–Kier alpha value is -2.53. The van der Waals surface area contributed by atoms with Gasteiger partial charge in [0.15, 0.2) is 6.61 Å². The van der Waals surface area contributed by atoms with Gasteiger partial charge in [-0.3, -0.25) is 9.59 Å². The van der Waals surface area contributed by atoms with Crippen LogP contribution in [0.25, 0.3) is 0 Å². The number of rotatable bonds is 7. The molecule has 1 aliphatic heterocycles. The summed E-state index contributed by atoms with van der Waals surface area (Å²) < 4.78 is 50.2. The predicted molar refractivity (Wildman–Crippen MR) is 111 cm³/mol. The van der Waals surface area contributed by atoms with Gasteiger partial charge in [-0.1, -0.05) is 17.7 Å². The number of amides is 1. The Balaban J connectivity index is 1.52. The van der Waals surface area contributed by atoms with E-state index in [1.807, 2.05) is 0 Å². The highest BCUT2D eigenvalue weighted by Crippen LogP contribution is 2.21. The van der Waals surface area contributed by atoms with Gasteiger partial charge in [0.25, 0.3) is 5.91 Å². The fourth-order valence-electron chi connectivity index (χ4n) is 2.89.